The van der Waals surface area contributed by atoms with Crippen molar-refractivity contribution in [2.45, 2.75) is 32.7 Å². The second-order valence-corrected chi connectivity index (χ2v) is 7.61. The number of carbonyl (C=O) groups excluding carboxylic acids is 1. The number of hydrogen-bond donors (Lipinski definition) is 2. The van der Waals surface area contributed by atoms with Gasteiger partial charge in [-0.05, 0) is 60.5 Å². The lowest BCUT2D eigenvalue weighted by Gasteiger charge is -2.11. The van der Waals surface area contributed by atoms with Crippen LogP contribution in [0.15, 0.2) is 47.3 Å². The van der Waals surface area contributed by atoms with Crippen LogP contribution in [0.4, 0.5) is 5.69 Å². The monoisotopic (exact) mass is 411 g/mol. The Morgan fingerprint density at radius 1 is 1.24 bits per heavy atom. The van der Waals surface area contributed by atoms with E-state index in [2.05, 4.69) is 24.1 Å². The molecule has 152 valence electrons. The van der Waals surface area contributed by atoms with Crippen molar-refractivity contribution in [1.29, 1.82) is 0 Å². The van der Waals surface area contributed by atoms with Crippen molar-refractivity contribution >= 4 is 34.7 Å². The van der Waals surface area contributed by atoms with Crippen molar-refractivity contribution in [2.24, 2.45) is 0 Å². The molecule has 0 saturated carbocycles. The molecule has 0 bridgehead atoms. The summed E-state index contributed by atoms with van der Waals surface area (Å²) in [5.74, 6) is 0.134. The molecule has 1 aromatic heterocycles. The van der Waals surface area contributed by atoms with Gasteiger partial charge in [0, 0.05) is 31.5 Å². The second kappa shape index (κ2) is 9.15. The molecule has 29 heavy (non-hydrogen) atoms. The Labute approximate surface area is 174 Å². The van der Waals surface area contributed by atoms with Gasteiger partial charge in [0.05, 0.1) is 10.9 Å². The van der Waals surface area contributed by atoms with Crippen LogP contribution >= 0.6 is 12.2 Å². The first-order valence-corrected chi connectivity index (χ1v) is 9.98. The van der Waals surface area contributed by atoms with E-state index >= 15 is 0 Å². The van der Waals surface area contributed by atoms with Crippen LogP contribution in [0.3, 0.4) is 0 Å². The van der Waals surface area contributed by atoms with Gasteiger partial charge in [0.25, 0.3) is 11.5 Å². The summed E-state index contributed by atoms with van der Waals surface area (Å²) in [6, 6.07) is 12.8. The van der Waals surface area contributed by atoms with E-state index in [4.69, 9.17) is 17.0 Å². The van der Waals surface area contributed by atoms with Gasteiger partial charge in [-0.15, -0.1) is 0 Å². The third kappa shape index (κ3) is 4.81. The van der Waals surface area contributed by atoms with Gasteiger partial charge in [-0.3, -0.25) is 14.2 Å². The lowest BCUT2D eigenvalue weighted by molar-refractivity contribution is 0.102. The van der Waals surface area contributed by atoms with Crippen molar-refractivity contribution < 1.29 is 9.53 Å². The number of hydrogen-bond acceptors (Lipinski definition) is 4. The highest BCUT2D eigenvalue weighted by Crippen LogP contribution is 2.19. The number of aromatic amines is 1. The van der Waals surface area contributed by atoms with Gasteiger partial charge >= 0.3 is 0 Å². The third-order valence-electron chi connectivity index (χ3n) is 4.79. The fourth-order valence-corrected chi connectivity index (χ4v) is 3.43. The minimum absolute atomic E-state index is 0.170. The molecule has 0 unspecified atom stereocenters. The van der Waals surface area contributed by atoms with E-state index in [-0.39, 0.29) is 11.5 Å². The Bertz CT molecular complexity index is 1150. The molecule has 7 heteroatoms. The van der Waals surface area contributed by atoms with Crippen LogP contribution in [0.2, 0.25) is 0 Å². The summed E-state index contributed by atoms with van der Waals surface area (Å²) in [5, 5.41) is 3.41. The number of H-pyrrole nitrogens is 1. The van der Waals surface area contributed by atoms with E-state index in [1.54, 1.807) is 25.3 Å². The van der Waals surface area contributed by atoms with Gasteiger partial charge in [0.2, 0.25) is 0 Å². The highest BCUT2D eigenvalue weighted by Gasteiger charge is 2.11. The van der Waals surface area contributed by atoms with Gasteiger partial charge in [-0.25, -0.2) is 0 Å². The van der Waals surface area contributed by atoms with Crippen LogP contribution in [0.25, 0.3) is 10.9 Å². The normalized spacial score (nSPS) is 11.2. The molecule has 0 aliphatic heterocycles. The minimum Gasteiger partial charge on any atom is -0.385 e. The summed E-state index contributed by atoms with van der Waals surface area (Å²) < 4.78 is 6.89. The molecule has 0 saturated heterocycles. The van der Waals surface area contributed by atoms with E-state index in [1.165, 1.54) is 4.57 Å². The minimum atomic E-state index is -0.239. The summed E-state index contributed by atoms with van der Waals surface area (Å²) in [5.41, 5.74) is 2.72. The largest absolute Gasteiger partial charge is 0.385 e. The molecule has 2 aromatic carbocycles. The van der Waals surface area contributed by atoms with Crippen molar-refractivity contribution in [2.75, 3.05) is 19.0 Å². The van der Waals surface area contributed by atoms with Crippen LogP contribution in [0.1, 0.15) is 42.1 Å². The van der Waals surface area contributed by atoms with E-state index in [1.807, 2.05) is 24.3 Å². The summed E-state index contributed by atoms with van der Waals surface area (Å²) >= 11 is 5.34. The highest BCUT2D eigenvalue weighted by molar-refractivity contribution is 7.71. The van der Waals surface area contributed by atoms with Gasteiger partial charge in [-0.1, -0.05) is 26.0 Å². The summed E-state index contributed by atoms with van der Waals surface area (Å²) in [6.07, 6.45) is 0.690. The van der Waals surface area contributed by atoms with E-state index in [9.17, 15) is 9.59 Å². The fraction of sp³-hybridized carbons (Fsp3) is 0.318. The fourth-order valence-electron chi connectivity index (χ4n) is 3.14. The maximum absolute atomic E-state index is 12.8. The number of aromatic nitrogens is 2. The molecule has 1 heterocycles. The van der Waals surface area contributed by atoms with Crippen LogP contribution < -0.4 is 10.9 Å². The van der Waals surface area contributed by atoms with E-state index in [0.717, 1.165) is 11.3 Å². The molecule has 3 rings (SSSR count). The summed E-state index contributed by atoms with van der Waals surface area (Å²) in [7, 11) is 1.62. The Hall–Kier alpha value is -2.77. The quantitative estimate of drug-likeness (QED) is 0.444. The maximum Gasteiger partial charge on any atom is 0.262 e. The Morgan fingerprint density at radius 3 is 2.76 bits per heavy atom. The Balaban J connectivity index is 1.88. The van der Waals surface area contributed by atoms with Gasteiger partial charge < -0.3 is 15.0 Å². The average molecular weight is 412 g/mol. The molecule has 0 atom stereocenters. The molecule has 2 N–H and O–H groups in total. The first-order valence-electron chi connectivity index (χ1n) is 9.58. The zero-order valence-electron chi connectivity index (χ0n) is 16.8. The summed E-state index contributed by atoms with van der Waals surface area (Å²) in [6.45, 7) is 5.24. The number of benzene rings is 2. The molecule has 0 spiro atoms. The zero-order valence-corrected chi connectivity index (χ0v) is 17.6. The first kappa shape index (κ1) is 21.0. The maximum atomic E-state index is 12.8. The highest BCUT2D eigenvalue weighted by atomic mass is 32.1. The predicted molar refractivity (Wildman–Crippen MR) is 118 cm³/mol. The van der Waals surface area contributed by atoms with Crippen LogP contribution in [0.5, 0.6) is 0 Å². The average Bonchev–Trinajstić information content (AvgIpc) is 2.70. The van der Waals surface area contributed by atoms with E-state index in [0.29, 0.717) is 46.7 Å². The molecule has 0 aliphatic carbocycles. The van der Waals surface area contributed by atoms with Gasteiger partial charge in [0.15, 0.2) is 4.77 Å². The predicted octanol–water partition coefficient (Wildman–Crippen LogP) is 4.47. The SMILES string of the molecule is COCCCn1c(=S)[nH]c2cc(C(=O)Nc3cccc(C(C)C)c3)ccc2c1=O. The molecular weight excluding hydrogens is 386 g/mol. The number of ether oxygens (including phenoxy) is 1. The van der Waals surface area contributed by atoms with Crippen molar-refractivity contribution in [3.63, 3.8) is 0 Å². The smallest absolute Gasteiger partial charge is 0.262 e. The van der Waals surface area contributed by atoms with Gasteiger partial charge in [0.1, 0.15) is 0 Å². The molecule has 0 radical (unpaired) electrons. The van der Waals surface area contributed by atoms with Crippen LogP contribution in [-0.2, 0) is 11.3 Å². The number of methoxy groups -OCH3 is 1. The van der Waals surface area contributed by atoms with E-state index < -0.39 is 0 Å². The number of rotatable bonds is 7. The molecular formula is C22H25N3O3S. The topological polar surface area (TPSA) is 76.1 Å². The second-order valence-electron chi connectivity index (χ2n) is 7.23. The van der Waals surface area contributed by atoms with Crippen LogP contribution in [-0.4, -0.2) is 29.2 Å². The molecule has 1 amide bonds. The number of carbonyl (C=O) groups is 1. The number of fused-ring (bicyclic) bond motifs is 1. The van der Waals surface area contributed by atoms with Crippen molar-refractivity contribution in [3.8, 4) is 0 Å². The zero-order chi connectivity index (χ0) is 21.0. The third-order valence-corrected chi connectivity index (χ3v) is 5.11. The lowest BCUT2D eigenvalue weighted by atomic mass is 10.0. The summed E-state index contributed by atoms with van der Waals surface area (Å²) in [4.78, 5) is 28.5. The standard InChI is InChI=1S/C22H25N3O3S/c1-14(2)15-6-4-7-17(12-15)23-20(26)16-8-9-18-19(13-16)24-22(29)25(21(18)27)10-5-11-28-3/h4,6-9,12-14H,5,10-11H2,1-3H3,(H,23,26)(H,24,29). The number of nitrogens with zero attached hydrogens (tertiary/aromatic N) is 1. The van der Waals surface area contributed by atoms with Crippen molar-refractivity contribution in [1.82, 2.24) is 9.55 Å². The van der Waals surface area contributed by atoms with Crippen LogP contribution in [0, 0.1) is 4.77 Å². The molecule has 3 aromatic rings. The molecule has 0 fully saturated rings. The molecule has 6 nitrogen and oxygen atoms in total. The van der Waals surface area contributed by atoms with Gasteiger partial charge in [-0.2, -0.15) is 0 Å². The number of anilines is 1. The number of nitrogens with one attached hydrogen (secondary N) is 2. The first-order chi connectivity index (χ1) is 13.9. The molecule has 0 aliphatic rings. The number of amides is 1. The Morgan fingerprint density at radius 2 is 2.03 bits per heavy atom. The lowest BCUT2D eigenvalue weighted by Crippen LogP contribution is -2.23. The Kier molecular flexibility index (Phi) is 6.61. The van der Waals surface area contributed by atoms with Crippen molar-refractivity contribution in [3.05, 3.63) is 68.7 Å².